The van der Waals surface area contributed by atoms with Gasteiger partial charge in [-0.05, 0) is 56.7 Å². The summed E-state index contributed by atoms with van der Waals surface area (Å²) >= 11 is 0. The highest BCUT2D eigenvalue weighted by Crippen LogP contribution is 2.41. The van der Waals surface area contributed by atoms with E-state index in [1.807, 2.05) is 0 Å². The number of nitrogens with zero attached hydrogens (tertiary/aromatic N) is 1. The number of likely N-dealkylation sites (tertiary alicyclic amines) is 1. The monoisotopic (exact) mass is 238 g/mol. The van der Waals surface area contributed by atoms with E-state index in [0.29, 0.717) is 5.41 Å². The van der Waals surface area contributed by atoms with Gasteiger partial charge in [0.15, 0.2) is 0 Å². The van der Waals surface area contributed by atoms with Crippen molar-refractivity contribution < 1.29 is 0 Å². The molecule has 17 heavy (non-hydrogen) atoms. The summed E-state index contributed by atoms with van der Waals surface area (Å²) in [6.45, 7) is 13.3. The fraction of sp³-hybridized carbons (Fsp3) is 1.00. The molecule has 0 spiro atoms. The molecule has 2 heteroatoms. The van der Waals surface area contributed by atoms with E-state index in [0.717, 1.165) is 18.0 Å². The topological polar surface area (TPSA) is 15.3 Å². The van der Waals surface area contributed by atoms with Crippen molar-refractivity contribution in [2.45, 2.75) is 65.5 Å². The van der Waals surface area contributed by atoms with Gasteiger partial charge in [-0.3, -0.25) is 0 Å². The van der Waals surface area contributed by atoms with Gasteiger partial charge in [0.05, 0.1) is 0 Å². The maximum atomic E-state index is 3.94. The summed E-state index contributed by atoms with van der Waals surface area (Å²) in [7, 11) is 0. The molecular formula is C15H30N2. The molecule has 1 aliphatic heterocycles. The predicted molar refractivity (Wildman–Crippen MR) is 74.2 cm³/mol. The quantitative estimate of drug-likeness (QED) is 0.813. The molecule has 0 aromatic rings. The molecule has 0 radical (unpaired) electrons. The Morgan fingerprint density at radius 1 is 1.18 bits per heavy atom. The van der Waals surface area contributed by atoms with Crippen molar-refractivity contribution >= 4 is 0 Å². The third-order valence-electron chi connectivity index (χ3n) is 4.82. The first-order valence-corrected chi connectivity index (χ1v) is 7.48. The maximum absolute atomic E-state index is 3.94. The molecule has 2 unspecified atom stereocenters. The summed E-state index contributed by atoms with van der Waals surface area (Å²) in [5.41, 5.74) is 0.557. The van der Waals surface area contributed by atoms with Crippen LogP contribution >= 0.6 is 0 Å². The fourth-order valence-electron chi connectivity index (χ4n) is 3.84. The SMILES string of the molecule is CCN1CCC(NC2CC(C)(C)CC2C)CC1. The molecule has 2 atom stereocenters. The third-order valence-corrected chi connectivity index (χ3v) is 4.82. The first kappa shape index (κ1) is 13.4. The van der Waals surface area contributed by atoms with Gasteiger partial charge in [0.25, 0.3) is 0 Å². The van der Waals surface area contributed by atoms with Crippen LogP contribution < -0.4 is 5.32 Å². The van der Waals surface area contributed by atoms with E-state index in [9.17, 15) is 0 Å². The molecule has 100 valence electrons. The lowest BCUT2D eigenvalue weighted by Crippen LogP contribution is -2.47. The molecule has 0 aromatic carbocycles. The van der Waals surface area contributed by atoms with Crippen molar-refractivity contribution in [1.82, 2.24) is 10.2 Å². The van der Waals surface area contributed by atoms with Gasteiger partial charge in [0.1, 0.15) is 0 Å². The summed E-state index contributed by atoms with van der Waals surface area (Å²) < 4.78 is 0. The van der Waals surface area contributed by atoms with E-state index in [1.54, 1.807) is 0 Å². The van der Waals surface area contributed by atoms with Gasteiger partial charge in [0, 0.05) is 12.1 Å². The van der Waals surface area contributed by atoms with E-state index in [4.69, 9.17) is 0 Å². The van der Waals surface area contributed by atoms with E-state index in [-0.39, 0.29) is 0 Å². The van der Waals surface area contributed by atoms with Crippen molar-refractivity contribution in [3.63, 3.8) is 0 Å². The van der Waals surface area contributed by atoms with Crippen LogP contribution in [0.15, 0.2) is 0 Å². The number of hydrogen-bond donors (Lipinski definition) is 1. The second-order valence-corrected chi connectivity index (χ2v) is 7.03. The number of piperidine rings is 1. The van der Waals surface area contributed by atoms with E-state index < -0.39 is 0 Å². The molecule has 1 saturated carbocycles. The largest absolute Gasteiger partial charge is 0.311 e. The van der Waals surface area contributed by atoms with Crippen LogP contribution in [-0.4, -0.2) is 36.6 Å². The summed E-state index contributed by atoms with van der Waals surface area (Å²) in [6, 6.07) is 1.54. The molecular weight excluding hydrogens is 208 g/mol. The number of nitrogens with one attached hydrogen (secondary N) is 1. The van der Waals surface area contributed by atoms with Crippen molar-refractivity contribution in [2.24, 2.45) is 11.3 Å². The molecule has 2 nitrogen and oxygen atoms in total. The summed E-state index contributed by atoms with van der Waals surface area (Å²) in [5.74, 6) is 0.856. The summed E-state index contributed by atoms with van der Waals surface area (Å²) in [6.07, 6.45) is 5.44. The maximum Gasteiger partial charge on any atom is 0.0101 e. The normalized spacial score (nSPS) is 35.3. The lowest BCUT2D eigenvalue weighted by atomic mass is 9.91. The van der Waals surface area contributed by atoms with Crippen LogP contribution in [0.2, 0.25) is 0 Å². The van der Waals surface area contributed by atoms with Gasteiger partial charge in [-0.1, -0.05) is 27.7 Å². The second-order valence-electron chi connectivity index (χ2n) is 7.03. The standard InChI is InChI=1S/C15H30N2/c1-5-17-8-6-13(7-9-17)16-14-11-15(3,4)10-12(14)2/h12-14,16H,5-11H2,1-4H3. The number of hydrogen-bond acceptors (Lipinski definition) is 2. The lowest BCUT2D eigenvalue weighted by molar-refractivity contribution is 0.192. The van der Waals surface area contributed by atoms with Crippen LogP contribution in [0.25, 0.3) is 0 Å². The zero-order valence-electron chi connectivity index (χ0n) is 12.1. The third kappa shape index (κ3) is 3.45. The Labute approximate surface area is 107 Å². The zero-order chi connectivity index (χ0) is 12.5. The van der Waals surface area contributed by atoms with Crippen LogP contribution in [0.4, 0.5) is 0 Å². The molecule has 1 N–H and O–H groups in total. The van der Waals surface area contributed by atoms with Crippen LogP contribution in [0, 0.1) is 11.3 Å². The minimum absolute atomic E-state index is 0.557. The highest BCUT2D eigenvalue weighted by molar-refractivity contribution is 4.93. The molecule has 0 bridgehead atoms. The molecule has 2 rings (SSSR count). The van der Waals surface area contributed by atoms with Crippen LogP contribution in [0.3, 0.4) is 0 Å². The van der Waals surface area contributed by atoms with Crippen LogP contribution in [0.1, 0.15) is 53.4 Å². The van der Waals surface area contributed by atoms with E-state index in [1.165, 1.54) is 45.3 Å². The summed E-state index contributed by atoms with van der Waals surface area (Å²) in [5, 5.41) is 3.94. The van der Waals surface area contributed by atoms with Gasteiger partial charge in [-0.15, -0.1) is 0 Å². The first-order chi connectivity index (χ1) is 8.00. The second kappa shape index (κ2) is 5.27. The van der Waals surface area contributed by atoms with Gasteiger partial charge in [0.2, 0.25) is 0 Å². The van der Waals surface area contributed by atoms with Gasteiger partial charge >= 0.3 is 0 Å². The highest BCUT2D eigenvalue weighted by atomic mass is 15.1. The Morgan fingerprint density at radius 3 is 2.29 bits per heavy atom. The van der Waals surface area contributed by atoms with Crippen molar-refractivity contribution in [2.75, 3.05) is 19.6 Å². The van der Waals surface area contributed by atoms with Gasteiger partial charge < -0.3 is 10.2 Å². The van der Waals surface area contributed by atoms with E-state index >= 15 is 0 Å². The number of rotatable bonds is 3. The molecule has 0 amide bonds. The Hall–Kier alpha value is -0.0800. The summed E-state index contributed by atoms with van der Waals surface area (Å²) in [4.78, 5) is 2.57. The zero-order valence-corrected chi connectivity index (χ0v) is 12.1. The highest BCUT2D eigenvalue weighted by Gasteiger charge is 2.37. The van der Waals surface area contributed by atoms with Crippen molar-refractivity contribution in [3.8, 4) is 0 Å². The van der Waals surface area contributed by atoms with Crippen molar-refractivity contribution in [1.29, 1.82) is 0 Å². The Balaban J connectivity index is 1.78. The Bertz CT molecular complexity index is 241. The molecule has 0 aromatic heterocycles. The van der Waals surface area contributed by atoms with Gasteiger partial charge in [-0.2, -0.15) is 0 Å². The van der Waals surface area contributed by atoms with E-state index in [2.05, 4.69) is 37.9 Å². The smallest absolute Gasteiger partial charge is 0.0101 e. The predicted octanol–water partition coefficient (Wildman–Crippen LogP) is 2.89. The lowest BCUT2D eigenvalue weighted by Gasteiger charge is -2.34. The minimum atomic E-state index is 0.557. The molecule has 2 fully saturated rings. The average Bonchev–Trinajstić information content (AvgIpc) is 2.53. The average molecular weight is 238 g/mol. The molecule has 1 heterocycles. The minimum Gasteiger partial charge on any atom is -0.311 e. The Morgan fingerprint density at radius 2 is 1.82 bits per heavy atom. The van der Waals surface area contributed by atoms with Gasteiger partial charge in [-0.25, -0.2) is 0 Å². The molecule has 1 saturated heterocycles. The molecule has 2 aliphatic rings. The first-order valence-electron chi connectivity index (χ1n) is 7.48. The fourth-order valence-corrected chi connectivity index (χ4v) is 3.84. The van der Waals surface area contributed by atoms with Crippen LogP contribution in [0.5, 0.6) is 0 Å². The van der Waals surface area contributed by atoms with Crippen molar-refractivity contribution in [3.05, 3.63) is 0 Å². The Kier molecular flexibility index (Phi) is 4.14. The van der Waals surface area contributed by atoms with Crippen LogP contribution in [-0.2, 0) is 0 Å². The molecule has 1 aliphatic carbocycles.